The van der Waals surface area contributed by atoms with Crippen LogP contribution in [-0.4, -0.2) is 51.8 Å². The molecule has 1 fully saturated rings. The molecular weight excluding hydrogens is 206 g/mol. The van der Waals surface area contributed by atoms with E-state index in [1.165, 1.54) is 11.9 Å². The van der Waals surface area contributed by atoms with Crippen LogP contribution in [0.2, 0.25) is 0 Å². The van der Waals surface area contributed by atoms with Gasteiger partial charge in [-0.15, -0.1) is 0 Å². The second kappa shape index (κ2) is 4.61. The van der Waals surface area contributed by atoms with E-state index in [0.717, 1.165) is 6.42 Å². The van der Waals surface area contributed by atoms with Crippen LogP contribution in [0.25, 0.3) is 0 Å². The van der Waals surface area contributed by atoms with E-state index in [0.29, 0.717) is 13.1 Å². The normalized spacial score (nSPS) is 18.1. The zero-order chi connectivity index (χ0) is 10.6. The number of nitrogens with zero attached hydrogens (tertiary/aromatic N) is 1. The fourth-order valence-electron chi connectivity index (χ4n) is 1.22. The van der Waals surface area contributed by atoms with Gasteiger partial charge in [-0.2, -0.15) is 0 Å². The quantitative estimate of drug-likeness (QED) is 0.636. The summed E-state index contributed by atoms with van der Waals surface area (Å²) in [5.41, 5.74) is 0. The molecule has 0 saturated carbocycles. The van der Waals surface area contributed by atoms with E-state index in [-0.39, 0.29) is 18.3 Å². The Morgan fingerprint density at radius 2 is 2.29 bits per heavy atom. The highest BCUT2D eigenvalue weighted by Gasteiger charge is 2.19. The van der Waals surface area contributed by atoms with Gasteiger partial charge in [0, 0.05) is 19.6 Å². The third-order valence-electron chi connectivity index (χ3n) is 2.11. The lowest BCUT2D eigenvalue weighted by Crippen LogP contribution is -2.48. The van der Waals surface area contributed by atoms with Gasteiger partial charge in [0.15, 0.2) is 0 Å². The van der Waals surface area contributed by atoms with E-state index in [2.05, 4.69) is 10.0 Å². The van der Waals surface area contributed by atoms with Gasteiger partial charge in [0.2, 0.25) is 10.0 Å². The number of urea groups is 1. The summed E-state index contributed by atoms with van der Waals surface area (Å²) < 4.78 is 24.4. The number of nitrogens with one attached hydrogen (secondary N) is 2. The van der Waals surface area contributed by atoms with Crippen molar-refractivity contribution in [2.45, 2.75) is 6.42 Å². The molecule has 0 radical (unpaired) electrons. The van der Waals surface area contributed by atoms with Crippen molar-refractivity contribution in [2.75, 3.05) is 32.4 Å². The summed E-state index contributed by atoms with van der Waals surface area (Å²) >= 11 is 0. The van der Waals surface area contributed by atoms with Crippen LogP contribution in [0.15, 0.2) is 0 Å². The molecule has 0 aliphatic carbocycles. The molecule has 1 aliphatic heterocycles. The number of carbonyl (C=O) groups excluding carboxylic acids is 1. The number of amides is 2. The van der Waals surface area contributed by atoms with Gasteiger partial charge in [0.05, 0.1) is 5.75 Å². The van der Waals surface area contributed by atoms with Crippen LogP contribution in [0.1, 0.15) is 6.42 Å². The van der Waals surface area contributed by atoms with Crippen molar-refractivity contribution < 1.29 is 13.2 Å². The first kappa shape index (κ1) is 11.3. The van der Waals surface area contributed by atoms with E-state index in [1.54, 1.807) is 0 Å². The second-order valence-corrected chi connectivity index (χ2v) is 5.14. The van der Waals surface area contributed by atoms with Gasteiger partial charge in [-0.3, -0.25) is 0 Å². The molecule has 1 saturated heterocycles. The van der Waals surface area contributed by atoms with E-state index < -0.39 is 10.0 Å². The predicted molar refractivity (Wildman–Crippen MR) is 52.4 cm³/mol. The number of hydrogen-bond acceptors (Lipinski definition) is 3. The smallest absolute Gasteiger partial charge is 0.317 e. The molecule has 82 valence electrons. The molecule has 7 heteroatoms. The Kier molecular flexibility index (Phi) is 3.70. The van der Waals surface area contributed by atoms with Crippen molar-refractivity contribution in [3.8, 4) is 0 Å². The van der Waals surface area contributed by atoms with Crippen molar-refractivity contribution in [3.63, 3.8) is 0 Å². The molecule has 0 aromatic heterocycles. The molecule has 6 nitrogen and oxygen atoms in total. The lowest BCUT2D eigenvalue weighted by molar-refractivity contribution is 0.189. The van der Waals surface area contributed by atoms with Crippen LogP contribution in [0, 0.1) is 0 Å². The van der Waals surface area contributed by atoms with Crippen molar-refractivity contribution in [1.82, 2.24) is 14.9 Å². The summed E-state index contributed by atoms with van der Waals surface area (Å²) in [6.07, 6.45) is 0.866. The molecule has 0 atom stereocenters. The minimum absolute atomic E-state index is 0.0447. The van der Waals surface area contributed by atoms with Crippen LogP contribution in [0.5, 0.6) is 0 Å². The molecule has 0 spiro atoms. The molecule has 1 heterocycles. The van der Waals surface area contributed by atoms with E-state index in [1.807, 2.05) is 0 Å². The van der Waals surface area contributed by atoms with Crippen molar-refractivity contribution in [2.24, 2.45) is 0 Å². The summed E-state index contributed by atoms with van der Waals surface area (Å²) in [6.45, 7) is 1.55. The molecule has 2 N–H and O–H groups in total. The minimum atomic E-state index is -3.21. The summed E-state index contributed by atoms with van der Waals surface area (Å²) in [4.78, 5) is 12.7. The third kappa shape index (κ3) is 3.15. The Morgan fingerprint density at radius 3 is 2.86 bits per heavy atom. The largest absolute Gasteiger partial charge is 0.338 e. The fourth-order valence-corrected chi connectivity index (χ4v) is 1.89. The molecule has 2 amide bonds. The van der Waals surface area contributed by atoms with Gasteiger partial charge in [0.25, 0.3) is 0 Å². The first-order valence-electron chi connectivity index (χ1n) is 4.49. The second-order valence-electron chi connectivity index (χ2n) is 3.10. The molecular formula is C7H15N3O3S. The Morgan fingerprint density at radius 1 is 1.57 bits per heavy atom. The zero-order valence-corrected chi connectivity index (χ0v) is 8.93. The Bertz CT molecular complexity index is 301. The highest BCUT2D eigenvalue weighted by Crippen LogP contribution is 1.99. The molecule has 0 aromatic rings. The van der Waals surface area contributed by atoms with E-state index in [4.69, 9.17) is 0 Å². The summed E-state index contributed by atoms with van der Waals surface area (Å²) in [6, 6.07) is -0.178. The van der Waals surface area contributed by atoms with Gasteiger partial charge in [-0.05, 0) is 13.5 Å². The zero-order valence-electron chi connectivity index (χ0n) is 8.12. The molecule has 0 aromatic carbocycles. The maximum atomic E-state index is 11.2. The highest BCUT2D eigenvalue weighted by molar-refractivity contribution is 7.89. The van der Waals surface area contributed by atoms with Crippen molar-refractivity contribution >= 4 is 16.1 Å². The van der Waals surface area contributed by atoms with Gasteiger partial charge in [0.1, 0.15) is 0 Å². The lowest BCUT2D eigenvalue weighted by atomic mass is 10.3. The molecule has 1 rings (SSSR count). The molecule has 14 heavy (non-hydrogen) atoms. The van der Waals surface area contributed by atoms with Gasteiger partial charge in [-0.25, -0.2) is 17.9 Å². The highest BCUT2D eigenvalue weighted by atomic mass is 32.2. The average Bonchev–Trinajstić information content (AvgIpc) is 2.17. The Labute approximate surface area is 83.7 Å². The Balaban J connectivity index is 2.40. The van der Waals surface area contributed by atoms with E-state index in [9.17, 15) is 13.2 Å². The van der Waals surface area contributed by atoms with Crippen molar-refractivity contribution in [1.29, 1.82) is 0 Å². The predicted octanol–water partition coefficient (Wildman–Crippen LogP) is -1.05. The molecule has 0 bridgehead atoms. The Hall–Kier alpha value is -0.820. The van der Waals surface area contributed by atoms with Gasteiger partial charge >= 0.3 is 6.03 Å². The summed E-state index contributed by atoms with van der Waals surface area (Å²) in [7, 11) is -1.85. The average molecular weight is 221 g/mol. The molecule has 1 aliphatic rings. The molecule has 0 unspecified atom stereocenters. The maximum absolute atomic E-state index is 11.2. The third-order valence-corrected chi connectivity index (χ3v) is 3.45. The summed E-state index contributed by atoms with van der Waals surface area (Å²) in [5.74, 6) is -0.0447. The number of rotatable bonds is 4. The van der Waals surface area contributed by atoms with Crippen LogP contribution in [0.3, 0.4) is 0 Å². The van der Waals surface area contributed by atoms with Crippen LogP contribution in [-0.2, 0) is 10.0 Å². The monoisotopic (exact) mass is 221 g/mol. The fraction of sp³-hybridized carbons (Fsp3) is 0.857. The number of sulfonamides is 1. The number of carbonyl (C=O) groups is 1. The first-order chi connectivity index (χ1) is 6.55. The SMILES string of the molecule is CNS(=O)(=O)CCN1CCCNC1=O. The number of hydrogen-bond donors (Lipinski definition) is 2. The first-order valence-corrected chi connectivity index (χ1v) is 6.14. The van der Waals surface area contributed by atoms with Crippen LogP contribution < -0.4 is 10.0 Å². The topological polar surface area (TPSA) is 78.5 Å². The van der Waals surface area contributed by atoms with Gasteiger partial charge < -0.3 is 10.2 Å². The maximum Gasteiger partial charge on any atom is 0.317 e. The summed E-state index contributed by atoms with van der Waals surface area (Å²) in [5, 5.41) is 2.66. The van der Waals surface area contributed by atoms with Crippen LogP contribution >= 0.6 is 0 Å². The van der Waals surface area contributed by atoms with Crippen molar-refractivity contribution in [3.05, 3.63) is 0 Å². The minimum Gasteiger partial charge on any atom is -0.338 e. The van der Waals surface area contributed by atoms with Crippen LogP contribution in [0.4, 0.5) is 4.79 Å². The van der Waals surface area contributed by atoms with Gasteiger partial charge in [-0.1, -0.05) is 0 Å². The lowest BCUT2D eigenvalue weighted by Gasteiger charge is -2.27. The van der Waals surface area contributed by atoms with E-state index >= 15 is 0 Å². The standard InChI is InChI=1S/C7H15N3O3S/c1-8-14(12,13)6-5-10-4-2-3-9-7(10)11/h8H,2-6H2,1H3,(H,9,11).